The first kappa shape index (κ1) is 14.7. The molecular weight excluding hydrogens is 253 g/mol. The van der Waals surface area contributed by atoms with Gasteiger partial charge in [-0.25, -0.2) is 0 Å². The van der Waals surface area contributed by atoms with E-state index in [1.54, 1.807) is 11.8 Å². The van der Waals surface area contributed by atoms with Gasteiger partial charge in [0.05, 0.1) is 6.42 Å². The number of piperazine rings is 1. The van der Waals surface area contributed by atoms with E-state index in [1.165, 1.54) is 0 Å². The standard InChI is InChI=1S/C10H15F3N2O3/c1-7-6-15(9(18)10(11,12)13)5-4-14(7)3-2-8(16)17/h7H,2-6H2,1H3,(H,16,17)/t7-/m0/s1. The smallest absolute Gasteiger partial charge is 0.471 e. The highest BCUT2D eigenvalue weighted by atomic mass is 19.4. The minimum Gasteiger partial charge on any atom is -0.481 e. The maximum Gasteiger partial charge on any atom is 0.471 e. The number of hydrogen-bond donors (Lipinski definition) is 1. The number of carboxylic acids is 1. The Labute approximate surface area is 102 Å². The van der Waals surface area contributed by atoms with Crippen molar-refractivity contribution in [3.63, 3.8) is 0 Å². The molecule has 1 fully saturated rings. The van der Waals surface area contributed by atoms with Crippen LogP contribution in [0.25, 0.3) is 0 Å². The van der Waals surface area contributed by atoms with E-state index in [4.69, 9.17) is 5.11 Å². The number of carboxylic acid groups (broad SMARTS) is 1. The van der Waals surface area contributed by atoms with Crippen LogP contribution in [-0.4, -0.2) is 65.2 Å². The largest absolute Gasteiger partial charge is 0.481 e. The van der Waals surface area contributed by atoms with Crippen molar-refractivity contribution in [1.82, 2.24) is 9.80 Å². The van der Waals surface area contributed by atoms with Crippen LogP contribution in [0.1, 0.15) is 13.3 Å². The fraction of sp³-hybridized carbons (Fsp3) is 0.800. The molecule has 1 aliphatic rings. The van der Waals surface area contributed by atoms with E-state index in [0.29, 0.717) is 0 Å². The average molecular weight is 268 g/mol. The van der Waals surface area contributed by atoms with E-state index in [2.05, 4.69) is 0 Å². The van der Waals surface area contributed by atoms with Gasteiger partial charge in [0, 0.05) is 32.2 Å². The summed E-state index contributed by atoms with van der Waals surface area (Å²) in [6.45, 7) is 2.17. The molecule has 18 heavy (non-hydrogen) atoms. The van der Waals surface area contributed by atoms with E-state index >= 15 is 0 Å². The minimum absolute atomic E-state index is 0.0255. The fourth-order valence-corrected chi connectivity index (χ4v) is 1.93. The number of amides is 1. The second kappa shape index (κ2) is 5.55. The third kappa shape index (κ3) is 3.86. The van der Waals surface area contributed by atoms with Gasteiger partial charge in [0.15, 0.2) is 0 Å². The van der Waals surface area contributed by atoms with Crippen LogP contribution in [0.4, 0.5) is 13.2 Å². The second-order valence-electron chi connectivity index (χ2n) is 4.28. The Bertz CT molecular complexity index is 333. The molecule has 0 aromatic rings. The number of carbonyl (C=O) groups excluding carboxylic acids is 1. The van der Waals surface area contributed by atoms with Crippen molar-refractivity contribution in [3.8, 4) is 0 Å². The second-order valence-corrected chi connectivity index (χ2v) is 4.28. The van der Waals surface area contributed by atoms with Crippen molar-refractivity contribution in [1.29, 1.82) is 0 Å². The van der Waals surface area contributed by atoms with Gasteiger partial charge < -0.3 is 10.0 Å². The SMILES string of the molecule is C[C@H]1CN(C(=O)C(F)(F)F)CCN1CCC(=O)O. The molecule has 0 aromatic heterocycles. The first-order valence-corrected chi connectivity index (χ1v) is 5.53. The number of rotatable bonds is 3. The van der Waals surface area contributed by atoms with Crippen molar-refractivity contribution < 1.29 is 27.9 Å². The highest BCUT2D eigenvalue weighted by Crippen LogP contribution is 2.21. The summed E-state index contributed by atoms with van der Waals surface area (Å²) >= 11 is 0. The Morgan fingerprint density at radius 3 is 2.39 bits per heavy atom. The molecule has 8 heteroatoms. The molecule has 104 valence electrons. The maximum absolute atomic E-state index is 12.2. The first-order valence-electron chi connectivity index (χ1n) is 5.53. The molecule has 0 bridgehead atoms. The van der Waals surface area contributed by atoms with Crippen molar-refractivity contribution in [2.24, 2.45) is 0 Å². The zero-order chi connectivity index (χ0) is 13.9. The maximum atomic E-state index is 12.2. The molecule has 0 unspecified atom stereocenters. The van der Waals surface area contributed by atoms with E-state index in [9.17, 15) is 22.8 Å². The highest BCUT2D eigenvalue weighted by molar-refractivity contribution is 5.82. The molecule has 1 amide bonds. The molecule has 1 heterocycles. The number of nitrogens with zero attached hydrogens (tertiary/aromatic N) is 2. The van der Waals surface area contributed by atoms with Gasteiger partial charge in [0.2, 0.25) is 0 Å². The van der Waals surface area contributed by atoms with Gasteiger partial charge in [0.1, 0.15) is 0 Å². The molecule has 0 radical (unpaired) electrons. The molecule has 0 aromatic carbocycles. The number of alkyl halides is 3. The summed E-state index contributed by atoms with van der Waals surface area (Å²) in [5.74, 6) is -2.77. The Hall–Kier alpha value is -1.31. The molecule has 1 saturated heterocycles. The normalized spacial score (nSPS) is 22.0. The Morgan fingerprint density at radius 1 is 1.33 bits per heavy atom. The van der Waals surface area contributed by atoms with Gasteiger partial charge in [-0.05, 0) is 6.92 Å². The highest BCUT2D eigenvalue weighted by Gasteiger charge is 2.44. The van der Waals surface area contributed by atoms with Crippen LogP contribution >= 0.6 is 0 Å². The quantitative estimate of drug-likeness (QED) is 0.812. The molecule has 5 nitrogen and oxygen atoms in total. The predicted molar refractivity (Wildman–Crippen MR) is 55.9 cm³/mol. The van der Waals surface area contributed by atoms with Crippen LogP contribution in [0.3, 0.4) is 0 Å². The van der Waals surface area contributed by atoms with E-state index < -0.39 is 18.1 Å². The molecule has 0 spiro atoms. The first-order chi connectivity index (χ1) is 8.21. The van der Waals surface area contributed by atoms with E-state index in [-0.39, 0.29) is 38.6 Å². The molecule has 0 saturated carbocycles. The third-order valence-corrected chi connectivity index (χ3v) is 2.91. The molecule has 1 atom stereocenters. The molecular formula is C10H15F3N2O3. The summed E-state index contributed by atoms with van der Waals surface area (Å²) in [4.78, 5) is 24.0. The summed E-state index contributed by atoms with van der Waals surface area (Å²) in [5, 5.41) is 8.54. The van der Waals surface area contributed by atoms with Gasteiger partial charge in [-0.3, -0.25) is 14.5 Å². The molecule has 0 aliphatic carbocycles. The van der Waals surface area contributed by atoms with Crippen LogP contribution in [0.5, 0.6) is 0 Å². The number of hydrogen-bond acceptors (Lipinski definition) is 3. The predicted octanol–water partition coefficient (Wildman–Crippen LogP) is 0.556. The summed E-state index contributed by atoms with van der Waals surface area (Å²) in [7, 11) is 0. The minimum atomic E-state index is -4.84. The Balaban J connectivity index is 2.50. The van der Waals surface area contributed by atoms with Crippen molar-refractivity contribution in [2.75, 3.05) is 26.2 Å². The Kier molecular flexibility index (Phi) is 4.55. The lowest BCUT2D eigenvalue weighted by atomic mass is 10.1. The topological polar surface area (TPSA) is 60.9 Å². The number of carbonyl (C=O) groups is 2. The monoisotopic (exact) mass is 268 g/mol. The number of aliphatic carboxylic acids is 1. The molecule has 1 rings (SSSR count). The van der Waals surface area contributed by atoms with Crippen LogP contribution in [-0.2, 0) is 9.59 Å². The van der Waals surface area contributed by atoms with Crippen LogP contribution < -0.4 is 0 Å². The van der Waals surface area contributed by atoms with Gasteiger partial charge in [-0.2, -0.15) is 13.2 Å². The van der Waals surface area contributed by atoms with E-state index in [1.807, 2.05) is 0 Å². The molecule has 1 aliphatic heterocycles. The van der Waals surface area contributed by atoms with E-state index in [0.717, 1.165) is 4.90 Å². The van der Waals surface area contributed by atoms with Crippen LogP contribution in [0.15, 0.2) is 0 Å². The van der Waals surface area contributed by atoms with Gasteiger partial charge >= 0.3 is 18.1 Å². The zero-order valence-corrected chi connectivity index (χ0v) is 9.90. The van der Waals surface area contributed by atoms with Gasteiger partial charge in [0.25, 0.3) is 0 Å². The Morgan fingerprint density at radius 2 is 1.94 bits per heavy atom. The van der Waals surface area contributed by atoms with Gasteiger partial charge in [-0.1, -0.05) is 0 Å². The lowest BCUT2D eigenvalue weighted by molar-refractivity contribution is -0.188. The summed E-state index contributed by atoms with van der Waals surface area (Å²) in [6.07, 6.45) is -4.90. The molecule has 1 N–H and O–H groups in total. The third-order valence-electron chi connectivity index (χ3n) is 2.91. The average Bonchev–Trinajstić information content (AvgIpc) is 2.24. The zero-order valence-electron chi connectivity index (χ0n) is 9.90. The fourth-order valence-electron chi connectivity index (χ4n) is 1.93. The van der Waals surface area contributed by atoms with Crippen LogP contribution in [0, 0.1) is 0 Å². The summed E-state index contributed by atoms with van der Waals surface area (Å²) < 4.78 is 36.7. The number of halogens is 3. The van der Waals surface area contributed by atoms with Crippen LogP contribution in [0.2, 0.25) is 0 Å². The summed E-state index contributed by atoms with van der Waals surface area (Å²) in [5.41, 5.74) is 0. The van der Waals surface area contributed by atoms with Crippen molar-refractivity contribution in [3.05, 3.63) is 0 Å². The van der Waals surface area contributed by atoms with Crippen molar-refractivity contribution in [2.45, 2.75) is 25.6 Å². The van der Waals surface area contributed by atoms with Crippen molar-refractivity contribution >= 4 is 11.9 Å². The lowest BCUT2D eigenvalue weighted by Gasteiger charge is -2.39. The summed E-state index contributed by atoms with van der Waals surface area (Å²) in [6, 6.07) is -0.274. The lowest BCUT2D eigenvalue weighted by Crippen LogP contribution is -2.56. The van der Waals surface area contributed by atoms with Gasteiger partial charge in [-0.15, -0.1) is 0 Å².